The third-order valence-corrected chi connectivity index (χ3v) is 6.26. The van der Waals surface area contributed by atoms with Gasteiger partial charge in [0.15, 0.2) is 0 Å². The van der Waals surface area contributed by atoms with Crippen molar-refractivity contribution in [2.45, 2.75) is 37.5 Å². The average Bonchev–Trinajstić information content (AvgIpc) is 3.05. The van der Waals surface area contributed by atoms with Crippen LogP contribution in [0.25, 0.3) is 0 Å². The summed E-state index contributed by atoms with van der Waals surface area (Å²) in [5.74, 6) is -0.136. The van der Waals surface area contributed by atoms with E-state index in [2.05, 4.69) is 10.2 Å². The Morgan fingerprint density at radius 1 is 1.10 bits per heavy atom. The summed E-state index contributed by atoms with van der Waals surface area (Å²) >= 11 is 0. The molecule has 4 rings (SSSR count). The van der Waals surface area contributed by atoms with Crippen molar-refractivity contribution >= 4 is 17.7 Å². The molecular weight excluding hydrogens is 372 g/mol. The Morgan fingerprint density at radius 3 is 2.48 bits per heavy atom. The second-order valence-corrected chi connectivity index (χ2v) is 8.45. The van der Waals surface area contributed by atoms with Crippen LogP contribution >= 0.6 is 0 Å². The minimum Gasteiger partial charge on any atom is -0.392 e. The molecule has 1 aromatic carbocycles. The quantitative estimate of drug-likeness (QED) is 0.723. The summed E-state index contributed by atoms with van der Waals surface area (Å²) in [4.78, 5) is 42.5. The summed E-state index contributed by atoms with van der Waals surface area (Å²) < 4.78 is 0. The highest BCUT2D eigenvalue weighted by molar-refractivity contribution is 5.94. The highest BCUT2D eigenvalue weighted by Crippen LogP contribution is 2.39. The first-order chi connectivity index (χ1) is 13.9. The Hall–Kier alpha value is -2.45. The molecule has 0 radical (unpaired) electrons. The van der Waals surface area contributed by atoms with Crippen molar-refractivity contribution in [3.63, 3.8) is 0 Å². The number of hydrogen-bond donors (Lipinski definition) is 2. The third kappa shape index (κ3) is 3.86. The summed E-state index contributed by atoms with van der Waals surface area (Å²) in [6, 6.07) is 9.37. The second kappa shape index (κ2) is 7.76. The number of carbonyl (C=O) groups is 3. The van der Waals surface area contributed by atoms with E-state index in [1.165, 1.54) is 6.92 Å². The summed E-state index contributed by atoms with van der Waals surface area (Å²) in [6.07, 6.45) is 0.527. The van der Waals surface area contributed by atoms with Gasteiger partial charge in [0.1, 0.15) is 0 Å². The molecule has 29 heavy (non-hydrogen) atoms. The molecule has 3 aliphatic heterocycles. The number of amides is 3. The molecule has 3 heterocycles. The van der Waals surface area contributed by atoms with E-state index in [4.69, 9.17) is 0 Å². The lowest BCUT2D eigenvalue weighted by Gasteiger charge is -2.60. The van der Waals surface area contributed by atoms with Crippen LogP contribution in [-0.2, 0) is 9.59 Å². The maximum atomic E-state index is 13.0. The van der Waals surface area contributed by atoms with Gasteiger partial charge in [-0.25, -0.2) is 0 Å². The molecule has 3 fully saturated rings. The molecule has 1 aromatic rings. The highest BCUT2D eigenvalue weighted by Gasteiger charge is 2.57. The predicted molar refractivity (Wildman–Crippen MR) is 106 cm³/mol. The SMILES string of the molecule is CC(=O)NCCC(=O)N1CC2(C1)CN(C(=O)c1ccccc1)CC1CC(O)CN12. The van der Waals surface area contributed by atoms with Crippen LogP contribution in [0, 0.1) is 0 Å². The molecule has 2 unspecified atom stereocenters. The van der Waals surface area contributed by atoms with Crippen molar-refractivity contribution in [3.05, 3.63) is 35.9 Å². The molecule has 0 saturated carbocycles. The minimum absolute atomic E-state index is 0.00134. The lowest BCUT2D eigenvalue weighted by atomic mass is 9.83. The molecule has 8 nitrogen and oxygen atoms in total. The van der Waals surface area contributed by atoms with Crippen LogP contribution < -0.4 is 5.32 Å². The fourth-order valence-electron chi connectivity index (χ4n) is 4.95. The van der Waals surface area contributed by atoms with Crippen molar-refractivity contribution < 1.29 is 19.5 Å². The molecule has 2 N–H and O–H groups in total. The van der Waals surface area contributed by atoms with Gasteiger partial charge in [0.2, 0.25) is 11.8 Å². The van der Waals surface area contributed by atoms with Crippen molar-refractivity contribution in [2.75, 3.05) is 39.3 Å². The standard InChI is InChI=1S/C21H28N4O4/c1-15(26)22-8-7-19(28)24-13-21(14-24)12-23(10-17-9-18(27)11-25(17)21)20(29)16-5-3-2-4-6-16/h2-6,17-18,27H,7-14H2,1H3,(H,22,26). The molecule has 3 aliphatic rings. The van der Waals surface area contributed by atoms with Gasteiger partial charge < -0.3 is 20.2 Å². The number of aliphatic hydroxyl groups excluding tert-OH is 1. The van der Waals surface area contributed by atoms with Crippen LogP contribution in [-0.4, -0.2) is 94.5 Å². The highest BCUT2D eigenvalue weighted by atomic mass is 16.3. The number of nitrogens with one attached hydrogen (secondary N) is 1. The van der Waals surface area contributed by atoms with Gasteiger partial charge in [-0.15, -0.1) is 0 Å². The number of β-amino-alcohol motifs (C(OH)–C–C–N with tert-alkyl or cyclic N) is 1. The smallest absolute Gasteiger partial charge is 0.253 e. The van der Waals surface area contributed by atoms with E-state index < -0.39 is 6.10 Å². The zero-order valence-electron chi connectivity index (χ0n) is 16.7. The Kier molecular flexibility index (Phi) is 5.31. The summed E-state index contributed by atoms with van der Waals surface area (Å²) in [6.45, 7) is 4.61. The number of aliphatic hydroxyl groups is 1. The largest absolute Gasteiger partial charge is 0.392 e. The van der Waals surface area contributed by atoms with Gasteiger partial charge in [-0.1, -0.05) is 18.2 Å². The molecule has 2 atom stereocenters. The number of rotatable bonds is 4. The molecule has 156 valence electrons. The molecule has 3 saturated heterocycles. The van der Waals surface area contributed by atoms with E-state index >= 15 is 0 Å². The first-order valence-corrected chi connectivity index (χ1v) is 10.2. The van der Waals surface area contributed by atoms with E-state index in [0.717, 1.165) is 0 Å². The van der Waals surface area contributed by atoms with Crippen molar-refractivity contribution in [1.82, 2.24) is 20.0 Å². The van der Waals surface area contributed by atoms with Crippen LogP contribution in [0.1, 0.15) is 30.1 Å². The lowest BCUT2D eigenvalue weighted by Crippen LogP contribution is -2.79. The molecule has 0 aromatic heterocycles. The Bertz CT molecular complexity index is 793. The van der Waals surface area contributed by atoms with Crippen LogP contribution in [0.15, 0.2) is 30.3 Å². The first kappa shape index (κ1) is 19.8. The fourth-order valence-corrected chi connectivity index (χ4v) is 4.95. The third-order valence-electron chi connectivity index (χ3n) is 6.26. The lowest BCUT2D eigenvalue weighted by molar-refractivity contribution is -0.154. The molecular formula is C21H28N4O4. The van der Waals surface area contributed by atoms with Gasteiger partial charge >= 0.3 is 0 Å². The Balaban J connectivity index is 1.45. The summed E-state index contributed by atoms with van der Waals surface area (Å²) in [5.41, 5.74) is 0.367. The average molecular weight is 400 g/mol. The van der Waals surface area contributed by atoms with Gasteiger partial charge in [0.05, 0.1) is 11.6 Å². The number of hydrogen-bond acceptors (Lipinski definition) is 5. The molecule has 1 spiro atoms. The normalized spacial score (nSPS) is 25.4. The van der Waals surface area contributed by atoms with Gasteiger partial charge in [-0.3, -0.25) is 19.3 Å². The van der Waals surface area contributed by atoms with Gasteiger partial charge in [0.25, 0.3) is 5.91 Å². The number of piperazine rings is 1. The number of fused-ring (bicyclic) bond motifs is 2. The Labute approximate surface area is 170 Å². The van der Waals surface area contributed by atoms with Crippen LogP contribution in [0.2, 0.25) is 0 Å². The van der Waals surface area contributed by atoms with Gasteiger partial charge in [-0.05, 0) is 18.6 Å². The van der Waals surface area contributed by atoms with Crippen molar-refractivity contribution in [1.29, 1.82) is 0 Å². The topological polar surface area (TPSA) is 93.2 Å². The molecule has 0 aliphatic carbocycles. The monoisotopic (exact) mass is 400 g/mol. The molecule has 3 amide bonds. The zero-order chi connectivity index (χ0) is 20.6. The Morgan fingerprint density at radius 2 is 1.79 bits per heavy atom. The summed E-state index contributed by atoms with van der Waals surface area (Å²) in [7, 11) is 0. The van der Waals surface area contributed by atoms with Crippen LogP contribution in [0.4, 0.5) is 0 Å². The van der Waals surface area contributed by atoms with E-state index in [1.807, 2.05) is 35.2 Å². The number of likely N-dealkylation sites (tertiary alicyclic amines) is 1. The fraction of sp³-hybridized carbons (Fsp3) is 0.571. The van der Waals surface area contributed by atoms with Gasteiger partial charge in [-0.2, -0.15) is 0 Å². The summed E-state index contributed by atoms with van der Waals surface area (Å²) in [5, 5.41) is 12.9. The number of benzene rings is 1. The van der Waals surface area contributed by atoms with Crippen LogP contribution in [0.5, 0.6) is 0 Å². The van der Waals surface area contributed by atoms with Crippen molar-refractivity contribution in [2.24, 2.45) is 0 Å². The zero-order valence-corrected chi connectivity index (χ0v) is 16.7. The van der Waals surface area contributed by atoms with Gasteiger partial charge in [0, 0.05) is 64.2 Å². The van der Waals surface area contributed by atoms with E-state index in [1.54, 1.807) is 4.90 Å². The molecule has 0 bridgehead atoms. The van der Waals surface area contributed by atoms with Crippen LogP contribution in [0.3, 0.4) is 0 Å². The first-order valence-electron chi connectivity index (χ1n) is 10.2. The second-order valence-electron chi connectivity index (χ2n) is 8.45. The number of carbonyl (C=O) groups excluding carboxylic acids is 3. The van der Waals surface area contributed by atoms with E-state index in [-0.39, 0.29) is 35.7 Å². The molecule has 8 heteroatoms. The van der Waals surface area contributed by atoms with E-state index in [0.29, 0.717) is 51.3 Å². The maximum absolute atomic E-state index is 13.0. The number of nitrogens with zero attached hydrogens (tertiary/aromatic N) is 3. The van der Waals surface area contributed by atoms with E-state index in [9.17, 15) is 19.5 Å². The maximum Gasteiger partial charge on any atom is 0.253 e. The predicted octanol–water partition coefficient (Wildman–Crippen LogP) is -0.315. The minimum atomic E-state index is -0.395. The van der Waals surface area contributed by atoms with Crippen molar-refractivity contribution in [3.8, 4) is 0 Å².